The van der Waals surface area contributed by atoms with Crippen LogP contribution < -0.4 is 5.32 Å². The topological polar surface area (TPSA) is 101 Å². The van der Waals surface area contributed by atoms with Crippen LogP contribution in [0, 0.1) is 6.92 Å². The first-order valence-corrected chi connectivity index (χ1v) is 6.36. The Bertz CT molecular complexity index is 781. The number of aromatic amines is 1. The third kappa shape index (κ3) is 2.75. The molecule has 9 heteroatoms. The molecule has 0 atom stereocenters. The predicted molar refractivity (Wildman–Crippen MR) is 75.4 cm³/mol. The fourth-order valence-corrected chi connectivity index (χ4v) is 1.94. The number of rotatable bonds is 3. The van der Waals surface area contributed by atoms with Crippen LogP contribution in [0.4, 0.5) is 5.69 Å². The molecule has 0 aliphatic rings. The van der Waals surface area contributed by atoms with Crippen LogP contribution in [0.5, 0.6) is 0 Å². The summed E-state index contributed by atoms with van der Waals surface area (Å²) in [6, 6.07) is 5.05. The SMILES string of the molecule is Cc1nc(C(=O)Nc2cc(Cl)ccc2-n2cncn2)n[nH]1. The van der Waals surface area contributed by atoms with Crippen LogP contribution in [0.25, 0.3) is 5.69 Å². The normalized spacial score (nSPS) is 10.6. The minimum absolute atomic E-state index is 0.0528. The highest BCUT2D eigenvalue weighted by Crippen LogP contribution is 2.24. The molecule has 3 aromatic rings. The van der Waals surface area contributed by atoms with Gasteiger partial charge in [-0.15, -0.1) is 5.10 Å². The molecule has 2 aromatic heterocycles. The number of hydrogen-bond donors (Lipinski definition) is 2. The molecular formula is C12H10ClN7O. The minimum Gasteiger partial charge on any atom is -0.317 e. The highest BCUT2D eigenvalue weighted by atomic mass is 35.5. The van der Waals surface area contributed by atoms with E-state index in [1.165, 1.54) is 17.3 Å². The van der Waals surface area contributed by atoms with E-state index < -0.39 is 5.91 Å². The van der Waals surface area contributed by atoms with Gasteiger partial charge in [0.25, 0.3) is 5.91 Å². The largest absolute Gasteiger partial charge is 0.317 e. The first-order chi connectivity index (χ1) is 10.1. The van der Waals surface area contributed by atoms with Gasteiger partial charge in [-0.1, -0.05) is 11.6 Å². The van der Waals surface area contributed by atoms with Crippen molar-refractivity contribution < 1.29 is 4.79 Å². The Morgan fingerprint density at radius 2 is 2.29 bits per heavy atom. The van der Waals surface area contributed by atoms with Crippen molar-refractivity contribution in [1.29, 1.82) is 0 Å². The van der Waals surface area contributed by atoms with Gasteiger partial charge in [-0.05, 0) is 25.1 Å². The van der Waals surface area contributed by atoms with Gasteiger partial charge in [0.15, 0.2) is 0 Å². The van der Waals surface area contributed by atoms with Crippen molar-refractivity contribution in [2.24, 2.45) is 0 Å². The number of amides is 1. The van der Waals surface area contributed by atoms with Gasteiger partial charge < -0.3 is 5.32 Å². The Balaban J connectivity index is 1.94. The van der Waals surface area contributed by atoms with E-state index >= 15 is 0 Å². The molecule has 1 amide bonds. The van der Waals surface area contributed by atoms with Gasteiger partial charge in [0, 0.05) is 5.02 Å². The number of benzene rings is 1. The number of carbonyl (C=O) groups is 1. The Morgan fingerprint density at radius 1 is 1.43 bits per heavy atom. The second-order valence-electron chi connectivity index (χ2n) is 4.20. The summed E-state index contributed by atoms with van der Waals surface area (Å²) >= 11 is 5.98. The van der Waals surface area contributed by atoms with Crippen LogP contribution in [-0.4, -0.2) is 35.9 Å². The number of nitrogens with zero attached hydrogens (tertiary/aromatic N) is 5. The van der Waals surface area contributed by atoms with Crippen molar-refractivity contribution >= 4 is 23.2 Å². The summed E-state index contributed by atoms with van der Waals surface area (Å²) in [5.41, 5.74) is 1.12. The van der Waals surface area contributed by atoms with Crippen molar-refractivity contribution in [2.45, 2.75) is 6.92 Å². The summed E-state index contributed by atoms with van der Waals surface area (Å²) in [5, 5.41) is 13.7. The van der Waals surface area contributed by atoms with Crippen LogP contribution in [0.3, 0.4) is 0 Å². The average molecular weight is 304 g/mol. The predicted octanol–water partition coefficient (Wildman–Crippen LogP) is 1.60. The van der Waals surface area contributed by atoms with Crippen LogP contribution in [0.1, 0.15) is 16.4 Å². The Labute approximate surface area is 124 Å². The number of carbonyl (C=O) groups excluding carboxylic acids is 1. The highest BCUT2D eigenvalue weighted by molar-refractivity contribution is 6.31. The summed E-state index contributed by atoms with van der Waals surface area (Å²) in [7, 11) is 0. The molecule has 2 N–H and O–H groups in total. The smallest absolute Gasteiger partial charge is 0.295 e. The number of H-pyrrole nitrogens is 1. The second kappa shape index (κ2) is 5.33. The molecule has 0 bridgehead atoms. The fraction of sp³-hybridized carbons (Fsp3) is 0.0833. The van der Waals surface area contributed by atoms with Crippen molar-refractivity contribution in [2.75, 3.05) is 5.32 Å². The van der Waals surface area contributed by atoms with Gasteiger partial charge in [0.05, 0.1) is 11.4 Å². The first-order valence-electron chi connectivity index (χ1n) is 5.98. The summed E-state index contributed by atoms with van der Waals surface area (Å²) in [6.07, 6.45) is 2.93. The van der Waals surface area contributed by atoms with Crippen LogP contribution in [-0.2, 0) is 0 Å². The molecule has 0 saturated carbocycles. The summed E-state index contributed by atoms with van der Waals surface area (Å²) in [6.45, 7) is 1.71. The Hall–Kier alpha value is -2.74. The molecule has 2 heterocycles. The average Bonchev–Trinajstić information content (AvgIpc) is 3.10. The number of hydrogen-bond acceptors (Lipinski definition) is 5. The van der Waals surface area contributed by atoms with E-state index in [0.717, 1.165) is 0 Å². The molecule has 0 radical (unpaired) electrons. The molecule has 8 nitrogen and oxygen atoms in total. The third-order valence-corrected chi connectivity index (χ3v) is 2.91. The number of anilines is 1. The standard InChI is InChI=1S/C12H10ClN7O/c1-7-16-11(19-18-7)12(21)17-9-4-8(13)2-3-10(9)20-6-14-5-15-20/h2-6H,1H3,(H,17,21)(H,16,18,19). The number of aryl methyl sites for hydroxylation is 1. The maximum Gasteiger partial charge on any atom is 0.295 e. The second-order valence-corrected chi connectivity index (χ2v) is 4.64. The Kier molecular flexibility index (Phi) is 3.36. The molecule has 3 rings (SSSR count). The number of halogens is 1. The molecule has 0 spiro atoms. The molecule has 106 valence electrons. The molecule has 21 heavy (non-hydrogen) atoms. The summed E-state index contributed by atoms with van der Waals surface area (Å²) in [5.74, 6) is 0.169. The van der Waals surface area contributed by atoms with Gasteiger partial charge >= 0.3 is 0 Å². The molecular weight excluding hydrogens is 294 g/mol. The van der Waals surface area contributed by atoms with E-state index in [4.69, 9.17) is 11.6 Å². The highest BCUT2D eigenvalue weighted by Gasteiger charge is 2.15. The zero-order chi connectivity index (χ0) is 14.8. The zero-order valence-electron chi connectivity index (χ0n) is 10.9. The van der Waals surface area contributed by atoms with Gasteiger partial charge in [0.2, 0.25) is 5.82 Å². The lowest BCUT2D eigenvalue weighted by Crippen LogP contribution is -2.15. The van der Waals surface area contributed by atoms with Gasteiger partial charge in [-0.2, -0.15) is 5.10 Å². The molecule has 0 aliphatic carbocycles. The van der Waals surface area contributed by atoms with Crippen molar-refractivity contribution in [3.8, 4) is 5.69 Å². The molecule has 1 aromatic carbocycles. The van der Waals surface area contributed by atoms with Gasteiger partial charge in [-0.25, -0.2) is 14.6 Å². The fourth-order valence-electron chi connectivity index (χ4n) is 1.76. The number of aromatic nitrogens is 6. The van der Waals surface area contributed by atoms with E-state index in [1.54, 1.807) is 25.1 Å². The Morgan fingerprint density at radius 3 is 2.95 bits per heavy atom. The van der Waals surface area contributed by atoms with Crippen molar-refractivity contribution in [1.82, 2.24) is 29.9 Å². The molecule has 0 saturated heterocycles. The quantitative estimate of drug-likeness (QED) is 0.765. The van der Waals surface area contributed by atoms with Crippen LogP contribution >= 0.6 is 11.6 Å². The first kappa shape index (κ1) is 13.3. The molecule has 0 aliphatic heterocycles. The zero-order valence-corrected chi connectivity index (χ0v) is 11.7. The third-order valence-electron chi connectivity index (χ3n) is 2.67. The van der Waals surface area contributed by atoms with E-state index in [9.17, 15) is 4.79 Å². The maximum absolute atomic E-state index is 12.1. The van der Waals surface area contributed by atoms with E-state index in [2.05, 4.69) is 30.6 Å². The van der Waals surface area contributed by atoms with Gasteiger partial charge in [0.1, 0.15) is 18.5 Å². The lowest BCUT2D eigenvalue weighted by molar-refractivity contribution is 0.101. The molecule has 0 unspecified atom stereocenters. The lowest BCUT2D eigenvalue weighted by Gasteiger charge is -2.10. The van der Waals surface area contributed by atoms with Gasteiger partial charge in [-0.3, -0.25) is 9.89 Å². The lowest BCUT2D eigenvalue weighted by atomic mass is 10.2. The minimum atomic E-state index is -0.442. The van der Waals surface area contributed by atoms with Crippen LogP contribution in [0.15, 0.2) is 30.9 Å². The maximum atomic E-state index is 12.1. The summed E-state index contributed by atoms with van der Waals surface area (Å²) < 4.78 is 1.52. The van der Waals surface area contributed by atoms with E-state index in [-0.39, 0.29) is 5.82 Å². The van der Waals surface area contributed by atoms with E-state index in [0.29, 0.717) is 22.2 Å². The van der Waals surface area contributed by atoms with Crippen molar-refractivity contribution in [3.05, 3.63) is 47.5 Å². The van der Waals surface area contributed by atoms with E-state index in [1.807, 2.05) is 0 Å². The number of nitrogens with one attached hydrogen (secondary N) is 2. The van der Waals surface area contributed by atoms with Crippen LogP contribution in [0.2, 0.25) is 5.02 Å². The summed E-state index contributed by atoms with van der Waals surface area (Å²) in [4.78, 5) is 20.0. The molecule has 0 fully saturated rings. The monoisotopic (exact) mass is 303 g/mol. The van der Waals surface area contributed by atoms with Crippen molar-refractivity contribution in [3.63, 3.8) is 0 Å².